The zero-order chi connectivity index (χ0) is 14.1. The third-order valence-electron chi connectivity index (χ3n) is 4.32. The van der Waals surface area contributed by atoms with E-state index in [4.69, 9.17) is 4.74 Å². The highest BCUT2D eigenvalue weighted by molar-refractivity contribution is 7.98. The summed E-state index contributed by atoms with van der Waals surface area (Å²) in [6.07, 6.45) is 4.54. The Balaban J connectivity index is 2.15. The molecule has 2 aromatic carbocycles. The van der Waals surface area contributed by atoms with E-state index in [2.05, 4.69) is 43.5 Å². The van der Waals surface area contributed by atoms with Crippen LogP contribution in [0.2, 0.25) is 0 Å². The first-order valence-electron chi connectivity index (χ1n) is 7.05. The van der Waals surface area contributed by atoms with Gasteiger partial charge in [-0.05, 0) is 54.8 Å². The smallest absolute Gasteiger partial charge is 0.122 e. The summed E-state index contributed by atoms with van der Waals surface area (Å²) in [4.78, 5) is 1.42. The largest absolute Gasteiger partial charge is 0.496 e. The van der Waals surface area contributed by atoms with Crippen LogP contribution in [0.15, 0.2) is 41.3 Å². The number of para-hydroxylation sites is 1. The van der Waals surface area contributed by atoms with Crippen molar-refractivity contribution in [3.8, 4) is 5.75 Å². The van der Waals surface area contributed by atoms with Gasteiger partial charge in [-0.25, -0.2) is 0 Å². The van der Waals surface area contributed by atoms with Crippen molar-refractivity contribution in [2.75, 3.05) is 13.4 Å². The number of rotatable bonds is 3. The lowest BCUT2D eigenvalue weighted by molar-refractivity contribution is 0.407. The predicted molar refractivity (Wildman–Crippen MR) is 86.1 cm³/mol. The molecule has 0 radical (unpaired) electrons. The molecule has 2 heteroatoms. The maximum atomic E-state index is 5.57. The maximum Gasteiger partial charge on any atom is 0.122 e. The zero-order valence-corrected chi connectivity index (χ0v) is 13.1. The number of hydrogen-bond donors (Lipinski definition) is 0. The maximum absolute atomic E-state index is 5.57. The van der Waals surface area contributed by atoms with Gasteiger partial charge in [-0.3, -0.25) is 0 Å². The lowest BCUT2D eigenvalue weighted by Crippen LogP contribution is -2.01. The monoisotopic (exact) mass is 284 g/mol. The number of methoxy groups -OCH3 is 1. The molecule has 0 bridgehead atoms. The molecule has 104 valence electrons. The van der Waals surface area contributed by atoms with Gasteiger partial charge in [0.2, 0.25) is 0 Å². The predicted octanol–water partition coefficient (Wildman–Crippen LogP) is 4.80. The molecule has 0 spiro atoms. The molecule has 0 saturated carbocycles. The van der Waals surface area contributed by atoms with Crippen LogP contribution in [-0.4, -0.2) is 13.4 Å². The quantitative estimate of drug-likeness (QED) is 0.748. The Morgan fingerprint density at radius 3 is 2.70 bits per heavy atom. The van der Waals surface area contributed by atoms with Gasteiger partial charge in [-0.1, -0.05) is 24.3 Å². The van der Waals surface area contributed by atoms with Gasteiger partial charge in [0.15, 0.2) is 0 Å². The fourth-order valence-electron chi connectivity index (χ4n) is 3.34. The Morgan fingerprint density at radius 1 is 1.15 bits per heavy atom. The van der Waals surface area contributed by atoms with Gasteiger partial charge in [0.1, 0.15) is 5.75 Å². The molecule has 0 heterocycles. The zero-order valence-electron chi connectivity index (χ0n) is 12.3. The standard InChI is InChI=1S/C18H20OS/c1-12-8-11-17(20-3)18-13(12)9-10-15(18)14-6-4-5-7-16(14)19-2/h4-8,11,15H,9-10H2,1-3H3. The number of aryl methyl sites for hydroxylation is 1. The van der Waals surface area contributed by atoms with E-state index in [1.54, 1.807) is 12.7 Å². The van der Waals surface area contributed by atoms with Gasteiger partial charge in [0.25, 0.3) is 0 Å². The van der Waals surface area contributed by atoms with E-state index in [1.807, 2.05) is 17.8 Å². The lowest BCUT2D eigenvalue weighted by Gasteiger charge is -2.18. The molecule has 0 saturated heterocycles. The molecule has 0 amide bonds. The summed E-state index contributed by atoms with van der Waals surface area (Å²) in [5, 5.41) is 0. The highest BCUT2D eigenvalue weighted by Gasteiger charge is 2.29. The fourth-order valence-corrected chi connectivity index (χ4v) is 4.03. The van der Waals surface area contributed by atoms with Gasteiger partial charge >= 0.3 is 0 Å². The molecular weight excluding hydrogens is 264 g/mol. The number of ether oxygens (including phenoxy) is 1. The normalized spacial score (nSPS) is 17.1. The molecule has 0 fully saturated rings. The Hall–Kier alpha value is -1.41. The third-order valence-corrected chi connectivity index (χ3v) is 5.11. The molecule has 1 atom stereocenters. The van der Waals surface area contributed by atoms with Crippen molar-refractivity contribution in [3.63, 3.8) is 0 Å². The van der Waals surface area contributed by atoms with Gasteiger partial charge in [0.05, 0.1) is 7.11 Å². The van der Waals surface area contributed by atoms with Gasteiger partial charge < -0.3 is 4.74 Å². The van der Waals surface area contributed by atoms with E-state index in [-0.39, 0.29) is 0 Å². The van der Waals surface area contributed by atoms with Crippen LogP contribution in [0.3, 0.4) is 0 Å². The molecule has 2 aromatic rings. The molecule has 0 N–H and O–H groups in total. The molecule has 1 aliphatic carbocycles. The fraction of sp³-hybridized carbons (Fsp3) is 0.333. The summed E-state index contributed by atoms with van der Waals surface area (Å²) in [5.74, 6) is 1.49. The summed E-state index contributed by atoms with van der Waals surface area (Å²) >= 11 is 1.85. The van der Waals surface area contributed by atoms with Crippen molar-refractivity contribution < 1.29 is 4.74 Å². The molecule has 0 aromatic heterocycles. The lowest BCUT2D eigenvalue weighted by atomic mass is 9.91. The van der Waals surface area contributed by atoms with E-state index in [0.717, 1.165) is 5.75 Å². The highest BCUT2D eigenvalue weighted by Crippen LogP contribution is 2.46. The number of thioether (sulfide) groups is 1. The molecule has 20 heavy (non-hydrogen) atoms. The Kier molecular flexibility index (Phi) is 3.75. The average molecular weight is 284 g/mol. The first-order chi connectivity index (χ1) is 9.76. The van der Waals surface area contributed by atoms with Gasteiger partial charge in [-0.2, -0.15) is 0 Å². The summed E-state index contributed by atoms with van der Waals surface area (Å²) in [6.45, 7) is 2.23. The van der Waals surface area contributed by atoms with Crippen LogP contribution in [0.5, 0.6) is 5.75 Å². The Morgan fingerprint density at radius 2 is 1.95 bits per heavy atom. The van der Waals surface area contributed by atoms with E-state index >= 15 is 0 Å². The second-order valence-electron chi connectivity index (χ2n) is 5.31. The third kappa shape index (κ3) is 2.12. The van der Waals surface area contributed by atoms with Crippen LogP contribution >= 0.6 is 11.8 Å². The highest BCUT2D eigenvalue weighted by atomic mass is 32.2. The summed E-state index contributed by atoms with van der Waals surface area (Å²) in [6, 6.07) is 13.0. The minimum atomic E-state index is 0.475. The van der Waals surface area contributed by atoms with E-state index in [1.165, 1.54) is 34.4 Å². The van der Waals surface area contributed by atoms with Crippen LogP contribution in [0.4, 0.5) is 0 Å². The molecule has 1 nitrogen and oxygen atoms in total. The molecule has 0 aliphatic heterocycles. The SMILES string of the molecule is COc1ccccc1C1CCc2c(C)ccc(SC)c21. The van der Waals surface area contributed by atoms with Gasteiger partial charge in [-0.15, -0.1) is 11.8 Å². The van der Waals surface area contributed by atoms with Crippen molar-refractivity contribution in [1.29, 1.82) is 0 Å². The van der Waals surface area contributed by atoms with Crippen LogP contribution in [-0.2, 0) is 6.42 Å². The summed E-state index contributed by atoms with van der Waals surface area (Å²) in [5.41, 5.74) is 5.83. The first kappa shape index (κ1) is 13.6. The van der Waals surface area contributed by atoms with Crippen molar-refractivity contribution in [1.82, 2.24) is 0 Å². The van der Waals surface area contributed by atoms with E-state index in [0.29, 0.717) is 5.92 Å². The molecule has 1 aliphatic rings. The minimum absolute atomic E-state index is 0.475. The number of fused-ring (bicyclic) bond motifs is 1. The topological polar surface area (TPSA) is 9.23 Å². The molecule has 3 rings (SSSR count). The number of hydrogen-bond acceptors (Lipinski definition) is 2. The average Bonchev–Trinajstić information content (AvgIpc) is 2.93. The van der Waals surface area contributed by atoms with Crippen molar-refractivity contribution in [3.05, 3.63) is 58.7 Å². The molecule has 1 unspecified atom stereocenters. The van der Waals surface area contributed by atoms with Crippen LogP contribution < -0.4 is 4.74 Å². The van der Waals surface area contributed by atoms with Crippen molar-refractivity contribution >= 4 is 11.8 Å². The second-order valence-corrected chi connectivity index (χ2v) is 6.16. The second kappa shape index (κ2) is 5.53. The Bertz CT molecular complexity index is 633. The van der Waals surface area contributed by atoms with E-state index in [9.17, 15) is 0 Å². The van der Waals surface area contributed by atoms with Crippen LogP contribution in [0.1, 0.15) is 34.6 Å². The molecular formula is C18H20OS. The summed E-state index contributed by atoms with van der Waals surface area (Å²) in [7, 11) is 1.76. The summed E-state index contributed by atoms with van der Waals surface area (Å²) < 4.78 is 5.57. The van der Waals surface area contributed by atoms with Gasteiger partial charge in [0, 0.05) is 16.4 Å². The van der Waals surface area contributed by atoms with Crippen molar-refractivity contribution in [2.45, 2.75) is 30.6 Å². The van der Waals surface area contributed by atoms with Crippen LogP contribution in [0, 0.1) is 6.92 Å². The minimum Gasteiger partial charge on any atom is -0.496 e. The van der Waals surface area contributed by atoms with Crippen LogP contribution in [0.25, 0.3) is 0 Å². The van der Waals surface area contributed by atoms with E-state index < -0.39 is 0 Å². The Labute approximate surface area is 125 Å². The number of benzene rings is 2. The van der Waals surface area contributed by atoms with Crippen molar-refractivity contribution in [2.24, 2.45) is 0 Å². The first-order valence-corrected chi connectivity index (χ1v) is 8.28.